The number of ether oxygens (including phenoxy) is 1. The van der Waals surface area contributed by atoms with Crippen molar-refractivity contribution in [2.75, 3.05) is 6.61 Å². The average Bonchev–Trinajstić information content (AvgIpc) is 3.17. The van der Waals surface area contributed by atoms with E-state index in [1.54, 1.807) is 0 Å². The summed E-state index contributed by atoms with van der Waals surface area (Å²) in [6.07, 6.45) is 5.95. The van der Waals surface area contributed by atoms with E-state index in [2.05, 4.69) is 34.0 Å². The van der Waals surface area contributed by atoms with Crippen LogP contribution in [0.5, 0.6) is 0 Å². The summed E-state index contributed by atoms with van der Waals surface area (Å²) in [6.45, 7) is 1.52. The molecule has 0 radical (unpaired) electrons. The fraction of sp³-hybridized carbons (Fsp3) is 0.444. The number of aryl methyl sites for hydroxylation is 2. The highest BCUT2D eigenvalue weighted by atomic mass is 16.5. The predicted octanol–water partition coefficient (Wildman–Crippen LogP) is 2.32. The van der Waals surface area contributed by atoms with Crippen molar-refractivity contribution < 1.29 is 4.74 Å². The number of fused-ring (bicyclic) bond motifs is 1. The van der Waals surface area contributed by atoms with Crippen LogP contribution in [0.2, 0.25) is 0 Å². The Hall–Kier alpha value is -2.18. The molecule has 24 heavy (non-hydrogen) atoms. The smallest absolute Gasteiger partial charge is 0.139 e. The molecule has 1 fully saturated rings. The molecule has 2 atom stereocenters. The van der Waals surface area contributed by atoms with Gasteiger partial charge in [-0.05, 0) is 25.0 Å². The first-order valence-electron chi connectivity index (χ1n) is 8.46. The molecule has 4 rings (SSSR count). The van der Waals surface area contributed by atoms with Crippen LogP contribution in [-0.2, 0) is 25.4 Å². The van der Waals surface area contributed by atoms with Crippen LogP contribution >= 0.6 is 0 Å². The number of nitrogens with zero attached hydrogens (tertiary/aromatic N) is 4. The Morgan fingerprint density at radius 2 is 2.17 bits per heavy atom. The first-order chi connectivity index (χ1) is 11.7. The Bertz CT molecular complexity index is 837. The van der Waals surface area contributed by atoms with Crippen LogP contribution in [0.3, 0.4) is 0 Å². The van der Waals surface area contributed by atoms with Gasteiger partial charge in [-0.1, -0.05) is 12.1 Å². The maximum Gasteiger partial charge on any atom is 0.139 e. The van der Waals surface area contributed by atoms with Crippen LogP contribution in [0.4, 0.5) is 0 Å². The number of aromatic nitrogens is 4. The minimum Gasteiger partial charge on any atom is -0.369 e. The molecule has 1 aromatic carbocycles. The zero-order valence-corrected chi connectivity index (χ0v) is 14.1. The number of imidazole rings is 2. The van der Waals surface area contributed by atoms with Gasteiger partial charge < -0.3 is 19.2 Å². The van der Waals surface area contributed by atoms with E-state index in [-0.39, 0.29) is 12.1 Å². The Balaban J connectivity index is 1.52. The molecule has 3 heterocycles. The van der Waals surface area contributed by atoms with Crippen molar-refractivity contribution in [3.8, 4) is 0 Å². The molecule has 0 unspecified atom stereocenters. The van der Waals surface area contributed by atoms with E-state index in [0.717, 1.165) is 48.7 Å². The molecule has 1 aliphatic rings. The molecule has 6 nitrogen and oxygen atoms in total. The van der Waals surface area contributed by atoms with E-state index < -0.39 is 0 Å². The summed E-state index contributed by atoms with van der Waals surface area (Å²) >= 11 is 0. The molecule has 126 valence electrons. The number of hydrogen-bond donors (Lipinski definition) is 1. The topological polar surface area (TPSA) is 56.9 Å². The normalized spacial score (nSPS) is 21.4. The van der Waals surface area contributed by atoms with E-state index in [0.29, 0.717) is 0 Å². The molecule has 0 saturated carbocycles. The summed E-state index contributed by atoms with van der Waals surface area (Å²) in [7, 11) is 4.09. The highest BCUT2D eigenvalue weighted by molar-refractivity contribution is 5.75. The molecule has 0 spiro atoms. The second-order valence-corrected chi connectivity index (χ2v) is 6.39. The van der Waals surface area contributed by atoms with Crippen LogP contribution < -0.4 is 5.32 Å². The maximum absolute atomic E-state index is 6.02. The second kappa shape index (κ2) is 6.37. The highest BCUT2D eigenvalue weighted by Gasteiger charge is 2.30. The van der Waals surface area contributed by atoms with Crippen LogP contribution in [0.1, 0.15) is 30.6 Å². The van der Waals surface area contributed by atoms with Crippen molar-refractivity contribution in [2.24, 2.45) is 14.1 Å². The summed E-state index contributed by atoms with van der Waals surface area (Å²) < 4.78 is 10.2. The van der Waals surface area contributed by atoms with Crippen molar-refractivity contribution in [1.82, 2.24) is 24.4 Å². The second-order valence-electron chi connectivity index (χ2n) is 6.39. The lowest BCUT2D eigenvalue weighted by Gasteiger charge is -2.32. The van der Waals surface area contributed by atoms with Crippen molar-refractivity contribution in [3.63, 3.8) is 0 Å². The van der Waals surface area contributed by atoms with Gasteiger partial charge in [-0.3, -0.25) is 0 Å². The Morgan fingerprint density at radius 1 is 1.29 bits per heavy atom. The van der Waals surface area contributed by atoms with E-state index in [1.165, 1.54) is 0 Å². The first kappa shape index (κ1) is 15.4. The molecule has 1 aliphatic heterocycles. The number of benzene rings is 1. The van der Waals surface area contributed by atoms with E-state index in [9.17, 15) is 0 Å². The minimum atomic E-state index is -0.00608. The third kappa shape index (κ3) is 2.72. The average molecular weight is 325 g/mol. The van der Waals surface area contributed by atoms with Crippen molar-refractivity contribution in [1.29, 1.82) is 0 Å². The molecule has 0 aliphatic carbocycles. The monoisotopic (exact) mass is 325 g/mol. The van der Waals surface area contributed by atoms with Crippen LogP contribution in [0, 0.1) is 0 Å². The van der Waals surface area contributed by atoms with Gasteiger partial charge in [0.2, 0.25) is 0 Å². The van der Waals surface area contributed by atoms with Crippen LogP contribution in [-0.4, -0.2) is 31.8 Å². The number of nitrogens with one attached hydrogen (secondary N) is 1. The Kier molecular flexibility index (Phi) is 4.08. The summed E-state index contributed by atoms with van der Waals surface area (Å²) in [5.41, 5.74) is 2.20. The van der Waals surface area contributed by atoms with E-state index >= 15 is 0 Å². The van der Waals surface area contributed by atoms with Gasteiger partial charge >= 0.3 is 0 Å². The van der Waals surface area contributed by atoms with E-state index in [1.807, 2.05) is 36.1 Å². The van der Waals surface area contributed by atoms with E-state index in [4.69, 9.17) is 9.72 Å². The third-order valence-electron chi connectivity index (χ3n) is 4.84. The van der Waals surface area contributed by atoms with Gasteiger partial charge in [0.05, 0.1) is 17.6 Å². The molecule has 0 bridgehead atoms. The molecular weight excluding hydrogens is 302 g/mol. The lowest BCUT2D eigenvalue weighted by molar-refractivity contribution is -0.0180. The zero-order chi connectivity index (χ0) is 16.5. The van der Waals surface area contributed by atoms with Gasteiger partial charge in [-0.2, -0.15) is 0 Å². The molecule has 6 heteroatoms. The lowest BCUT2D eigenvalue weighted by atomic mass is 10.0. The lowest BCUT2D eigenvalue weighted by Crippen LogP contribution is -2.40. The molecule has 0 amide bonds. The predicted molar refractivity (Wildman–Crippen MR) is 92.5 cm³/mol. The summed E-state index contributed by atoms with van der Waals surface area (Å²) in [4.78, 5) is 9.21. The molecular formula is C18H23N5O. The Morgan fingerprint density at radius 3 is 2.96 bits per heavy atom. The van der Waals surface area contributed by atoms with Gasteiger partial charge in [0.15, 0.2) is 0 Å². The minimum absolute atomic E-state index is 0.00608. The molecule has 2 aromatic heterocycles. The summed E-state index contributed by atoms with van der Waals surface area (Å²) in [5, 5.41) is 3.64. The fourth-order valence-electron chi connectivity index (χ4n) is 3.47. The van der Waals surface area contributed by atoms with Crippen molar-refractivity contribution in [2.45, 2.75) is 31.5 Å². The van der Waals surface area contributed by atoms with Crippen molar-refractivity contribution in [3.05, 3.63) is 48.3 Å². The molecule has 1 saturated heterocycles. The van der Waals surface area contributed by atoms with Gasteiger partial charge in [0.25, 0.3) is 0 Å². The largest absolute Gasteiger partial charge is 0.369 e. The molecule has 1 N–H and O–H groups in total. The standard InChI is InChI=1S/C18H23N5O/c1-22-10-9-19-18(22)17-14(7-5-11-24-17)20-12-16-21-13-6-3-4-8-15(13)23(16)2/h3-4,6,8-10,14,17,20H,5,7,11-12H2,1-2H3/t14-,17-/m0/s1. The number of para-hydroxylation sites is 2. The first-order valence-corrected chi connectivity index (χ1v) is 8.46. The fourth-order valence-corrected chi connectivity index (χ4v) is 3.47. The van der Waals surface area contributed by atoms with Gasteiger partial charge in [0, 0.05) is 39.1 Å². The maximum atomic E-state index is 6.02. The summed E-state index contributed by atoms with van der Waals surface area (Å²) in [5.74, 6) is 2.03. The SMILES string of the molecule is Cn1ccnc1[C@H]1OCCC[C@@H]1NCc1nc2ccccc2n1C. The van der Waals surface area contributed by atoms with Crippen LogP contribution in [0.15, 0.2) is 36.7 Å². The van der Waals surface area contributed by atoms with Gasteiger partial charge in [-0.25, -0.2) is 9.97 Å². The third-order valence-corrected chi connectivity index (χ3v) is 4.84. The number of hydrogen-bond acceptors (Lipinski definition) is 4. The highest BCUT2D eigenvalue weighted by Crippen LogP contribution is 2.27. The van der Waals surface area contributed by atoms with Gasteiger partial charge in [0.1, 0.15) is 17.8 Å². The van der Waals surface area contributed by atoms with Gasteiger partial charge in [-0.15, -0.1) is 0 Å². The van der Waals surface area contributed by atoms with Crippen molar-refractivity contribution >= 4 is 11.0 Å². The number of rotatable bonds is 4. The summed E-state index contributed by atoms with van der Waals surface area (Å²) in [6, 6.07) is 8.48. The quantitative estimate of drug-likeness (QED) is 0.800. The Labute approximate surface area is 141 Å². The molecule has 3 aromatic rings. The zero-order valence-electron chi connectivity index (χ0n) is 14.1. The van der Waals surface area contributed by atoms with Crippen LogP contribution in [0.25, 0.3) is 11.0 Å².